The first-order chi connectivity index (χ1) is 12.0. The first-order valence-electron chi connectivity index (χ1n) is 7.29. The summed E-state index contributed by atoms with van der Waals surface area (Å²) in [5.74, 6) is -0.255. The van der Waals surface area contributed by atoms with Crippen LogP contribution < -0.4 is 10.6 Å². The maximum Gasteiger partial charge on any atom is 0.175 e. The summed E-state index contributed by atoms with van der Waals surface area (Å²) in [5, 5.41) is 11.3. The summed E-state index contributed by atoms with van der Waals surface area (Å²) >= 11 is 14.8. The summed E-state index contributed by atoms with van der Waals surface area (Å²) in [5.41, 5.74) is 2.41. The zero-order valence-electron chi connectivity index (χ0n) is 12.8. The van der Waals surface area contributed by atoms with E-state index in [2.05, 4.69) is 31.7 Å². The molecule has 1 aromatic heterocycles. The molecule has 0 saturated heterocycles. The van der Waals surface area contributed by atoms with E-state index in [1.54, 1.807) is 29.1 Å². The minimum atomic E-state index is -0.255. The Balaban J connectivity index is 1.60. The Morgan fingerprint density at radius 3 is 2.68 bits per heavy atom. The molecule has 3 aromatic rings. The smallest absolute Gasteiger partial charge is 0.175 e. The fraction of sp³-hybridized carbons (Fsp3) is 0.0588. The summed E-state index contributed by atoms with van der Waals surface area (Å²) in [6, 6.07) is 11.8. The van der Waals surface area contributed by atoms with Gasteiger partial charge in [-0.1, -0.05) is 39.7 Å². The van der Waals surface area contributed by atoms with E-state index in [-0.39, 0.29) is 5.82 Å². The van der Waals surface area contributed by atoms with Gasteiger partial charge in [0.2, 0.25) is 0 Å². The number of halogens is 3. The molecule has 1 heterocycles. The van der Waals surface area contributed by atoms with E-state index >= 15 is 0 Å². The molecule has 25 heavy (non-hydrogen) atoms. The summed E-state index contributed by atoms with van der Waals surface area (Å²) < 4.78 is 15.6. The van der Waals surface area contributed by atoms with E-state index < -0.39 is 0 Å². The van der Waals surface area contributed by atoms with Crippen LogP contribution in [0.5, 0.6) is 0 Å². The summed E-state index contributed by atoms with van der Waals surface area (Å²) in [7, 11) is 0. The van der Waals surface area contributed by atoms with Crippen LogP contribution in [0, 0.1) is 5.82 Å². The monoisotopic (exact) mass is 438 g/mol. The number of anilines is 2. The number of hydrogen-bond donors (Lipinski definition) is 2. The largest absolute Gasteiger partial charge is 0.331 e. The molecular formula is C17H13BrClFN4S. The molecule has 128 valence electrons. The van der Waals surface area contributed by atoms with Gasteiger partial charge in [0.1, 0.15) is 5.82 Å². The van der Waals surface area contributed by atoms with Gasteiger partial charge in [-0.3, -0.25) is 4.68 Å². The maximum absolute atomic E-state index is 12.9. The van der Waals surface area contributed by atoms with E-state index in [1.807, 2.05) is 18.3 Å². The molecule has 0 aliphatic heterocycles. The van der Waals surface area contributed by atoms with E-state index in [9.17, 15) is 4.39 Å². The van der Waals surface area contributed by atoms with Gasteiger partial charge in [0, 0.05) is 10.7 Å². The van der Waals surface area contributed by atoms with Gasteiger partial charge in [-0.05, 0) is 48.1 Å². The van der Waals surface area contributed by atoms with Gasteiger partial charge in [-0.2, -0.15) is 5.10 Å². The molecule has 4 nitrogen and oxygen atoms in total. The van der Waals surface area contributed by atoms with Crippen molar-refractivity contribution in [1.29, 1.82) is 0 Å². The van der Waals surface area contributed by atoms with Crippen molar-refractivity contribution in [3.05, 3.63) is 75.7 Å². The number of nitrogens with zero attached hydrogens (tertiary/aromatic N) is 2. The average molecular weight is 440 g/mol. The van der Waals surface area contributed by atoms with Gasteiger partial charge in [-0.25, -0.2) is 4.39 Å². The first kappa shape index (κ1) is 17.8. The van der Waals surface area contributed by atoms with Crippen LogP contribution in [0.2, 0.25) is 5.02 Å². The SMILES string of the molecule is Fc1ccc(Cn2cc(NC(=S)Nc3ccc(Br)cc3Cl)cn2)cc1. The molecule has 3 rings (SSSR count). The molecule has 0 aliphatic carbocycles. The highest BCUT2D eigenvalue weighted by Crippen LogP contribution is 2.25. The fourth-order valence-electron chi connectivity index (χ4n) is 2.17. The second kappa shape index (κ2) is 7.95. The number of aromatic nitrogens is 2. The molecule has 0 bridgehead atoms. The average Bonchev–Trinajstić information content (AvgIpc) is 2.99. The van der Waals surface area contributed by atoms with Crippen molar-refractivity contribution in [1.82, 2.24) is 9.78 Å². The fourth-order valence-corrected chi connectivity index (χ4v) is 3.12. The summed E-state index contributed by atoms with van der Waals surface area (Å²) in [4.78, 5) is 0. The third kappa shape index (κ3) is 5.01. The minimum Gasteiger partial charge on any atom is -0.331 e. The third-order valence-electron chi connectivity index (χ3n) is 3.33. The van der Waals surface area contributed by atoms with Gasteiger partial charge in [0.25, 0.3) is 0 Å². The molecule has 8 heteroatoms. The summed E-state index contributed by atoms with van der Waals surface area (Å²) in [6.45, 7) is 0.542. The molecule has 0 aliphatic rings. The topological polar surface area (TPSA) is 41.9 Å². The standard InChI is InChI=1S/C17H13BrClFN4S/c18-12-3-6-16(15(19)7-12)23-17(25)22-14-8-21-24(10-14)9-11-1-4-13(20)5-2-11/h1-8,10H,9H2,(H2,22,23,25). The van der Waals surface area contributed by atoms with Gasteiger partial charge in [0.05, 0.1) is 29.1 Å². The molecule has 0 fully saturated rings. The highest BCUT2D eigenvalue weighted by Gasteiger charge is 2.06. The van der Waals surface area contributed by atoms with E-state index in [0.717, 1.165) is 15.7 Å². The Bertz CT molecular complexity index is 898. The lowest BCUT2D eigenvalue weighted by molar-refractivity contribution is 0.624. The van der Waals surface area contributed by atoms with Gasteiger partial charge < -0.3 is 10.6 Å². The molecular weight excluding hydrogens is 427 g/mol. The third-order valence-corrected chi connectivity index (χ3v) is 4.34. The predicted molar refractivity (Wildman–Crippen MR) is 107 cm³/mol. The molecule has 2 N–H and O–H groups in total. The van der Waals surface area contributed by atoms with Crippen LogP contribution in [0.3, 0.4) is 0 Å². The van der Waals surface area contributed by atoms with Crippen LogP contribution in [0.4, 0.5) is 15.8 Å². The summed E-state index contributed by atoms with van der Waals surface area (Å²) in [6.07, 6.45) is 3.49. The number of benzene rings is 2. The first-order valence-corrected chi connectivity index (χ1v) is 8.87. The van der Waals surface area contributed by atoms with Crippen molar-refractivity contribution in [2.24, 2.45) is 0 Å². The lowest BCUT2D eigenvalue weighted by atomic mass is 10.2. The molecule has 0 saturated carbocycles. The van der Waals surface area contributed by atoms with Gasteiger partial charge in [0.15, 0.2) is 5.11 Å². The Morgan fingerprint density at radius 1 is 1.20 bits per heavy atom. The minimum absolute atomic E-state index is 0.255. The second-order valence-electron chi connectivity index (χ2n) is 5.26. The molecule has 0 atom stereocenters. The van der Waals surface area contributed by atoms with Crippen molar-refractivity contribution in [2.45, 2.75) is 6.54 Å². The molecule has 0 amide bonds. The number of nitrogens with one attached hydrogen (secondary N) is 2. The Kier molecular flexibility index (Phi) is 5.67. The van der Waals surface area contributed by atoms with E-state index in [4.69, 9.17) is 23.8 Å². The van der Waals surface area contributed by atoms with Crippen LogP contribution >= 0.6 is 39.7 Å². The zero-order valence-corrected chi connectivity index (χ0v) is 16.0. The van der Waals surface area contributed by atoms with Crippen molar-refractivity contribution in [3.63, 3.8) is 0 Å². The van der Waals surface area contributed by atoms with Crippen molar-refractivity contribution in [2.75, 3.05) is 10.6 Å². The van der Waals surface area contributed by atoms with Gasteiger partial charge in [-0.15, -0.1) is 0 Å². The normalized spacial score (nSPS) is 10.5. The van der Waals surface area contributed by atoms with E-state index in [0.29, 0.717) is 22.4 Å². The molecule has 0 radical (unpaired) electrons. The lowest BCUT2D eigenvalue weighted by Crippen LogP contribution is -2.19. The van der Waals surface area contributed by atoms with Crippen molar-refractivity contribution < 1.29 is 4.39 Å². The van der Waals surface area contributed by atoms with Crippen LogP contribution in [0.25, 0.3) is 0 Å². The Morgan fingerprint density at radius 2 is 1.96 bits per heavy atom. The van der Waals surface area contributed by atoms with Gasteiger partial charge >= 0.3 is 0 Å². The van der Waals surface area contributed by atoms with Crippen molar-refractivity contribution >= 4 is 56.2 Å². The number of hydrogen-bond acceptors (Lipinski definition) is 2. The maximum atomic E-state index is 12.9. The number of rotatable bonds is 4. The van der Waals surface area contributed by atoms with Crippen LogP contribution in [0.15, 0.2) is 59.3 Å². The highest BCUT2D eigenvalue weighted by atomic mass is 79.9. The van der Waals surface area contributed by atoms with E-state index in [1.165, 1.54) is 12.1 Å². The molecule has 0 spiro atoms. The Hall–Kier alpha value is -1.96. The molecule has 2 aromatic carbocycles. The number of thiocarbonyl (C=S) groups is 1. The van der Waals surface area contributed by atoms with Crippen LogP contribution in [0.1, 0.15) is 5.56 Å². The zero-order chi connectivity index (χ0) is 17.8. The highest BCUT2D eigenvalue weighted by molar-refractivity contribution is 9.10. The molecule has 0 unspecified atom stereocenters. The van der Waals surface area contributed by atoms with Crippen molar-refractivity contribution in [3.8, 4) is 0 Å². The lowest BCUT2D eigenvalue weighted by Gasteiger charge is -2.10. The van der Waals surface area contributed by atoms with Crippen LogP contribution in [-0.2, 0) is 6.54 Å². The quantitative estimate of drug-likeness (QED) is 0.542. The predicted octanol–water partition coefficient (Wildman–Crippen LogP) is 5.30. The Labute approximate surface area is 163 Å². The van der Waals surface area contributed by atoms with Crippen LogP contribution in [-0.4, -0.2) is 14.9 Å². The second-order valence-corrected chi connectivity index (χ2v) is 6.99.